The fourth-order valence-electron chi connectivity index (χ4n) is 3.26. The van der Waals surface area contributed by atoms with Crippen LogP contribution in [0.3, 0.4) is 0 Å². The van der Waals surface area contributed by atoms with Gasteiger partial charge in [-0.15, -0.1) is 0 Å². The first-order valence-corrected chi connectivity index (χ1v) is 9.72. The fraction of sp³-hybridized carbons (Fsp3) is 0.895. The summed E-state index contributed by atoms with van der Waals surface area (Å²) >= 11 is 0. The third kappa shape index (κ3) is 5.51. The minimum atomic E-state index is 0.194. The van der Waals surface area contributed by atoms with Crippen LogP contribution in [0.4, 0.5) is 9.59 Å². The average Bonchev–Trinajstić information content (AvgIpc) is 2.89. The van der Waals surface area contributed by atoms with Crippen molar-refractivity contribution in [2.24, 2.45) is 0 Å². The Morgan fingerprint density at radius 1 is 0.520 bits per heavy atom. The zero-order valence-electron chi connectivity index (χ0n) is 17.5. The highest BCUT2D eigenvalue weighted by atomic mass is 16.2. The number of hydrogen-bond donors (Lipinski definition) is 0. The van der Waals surface area contributed by atoms with Crippen LogP contribution in [-0.4, -0.2) is 82.0 Å². The van der Waals surface area contributed by atoms with E-state index >= 15 is 0 Å². The summed E-state index contributed by atoms with van der Waals surface area (Å²) in [4.78, 5) is 31.2. The lowest BCUT2D eigenvalue weighted by Crippen LogP contribution is -2.53. The van der Waals surface area contributed by atoms with E-state index in [1.807, 2.05) is 19.6 Å². The van der Waals surface area contributed by atoms with Crippen molar-refractivity contribution in [1.29, 1.82) is 0 Å². The van der Waals surface area contributed by atoms with Crippen molar-refractivity contribution in [1.82, 2.24) is 19.6 Å². The molecule has 0 aromatic rings. The Kier molecular flexibility index (Phi) is 8.03. The number of nitrogens with zero attached hydrogens (tertiary/aromatic N) is 4. The van der Waals surface area contributed by atoms with Crippen molar-refractivity contribution >= 4 is 12.1 Å². The number of urea groups is 2. The van der Waals surface area contributed by atoms with Gasteiger partial charge < -0.3 is 19.6 Å². The van der Waals surface area contributed by atoms with Crippen LogP contribution in [0.5, 0.6) is 0 Å². The lowest BCUT2D eigenvalue weighted by Gasteiger charge is -2.39. The first-order valence-electron chi connectivity index (χ1n) is 9.72. The molecule has 0 radical (unpaired) electrons. The largest absolute Gasteiger partial charge is 0.322 e. The molecule has 2 saturated heterocycles. The van der Waals surface area contributed by atoms with Crippen molar-refractivity contribution in [3.05, 3.63) is 0 Å². The quantitative estimate of drug-likeness (QED) is 0.776. The summed E-state index contributed by atoms with van der Waals surface area (Å²) in [6.07, 6.45) is 1.10. The predicted octanol–water partition coefficient (Wildman–Crippen LogP) is 3.47. The molecule has 2 rings (SSSR count). The second-order valence-electron chi connectivity index (χ2n) is 8.07. The van der Waals surface area contributed by atoms with Gasteiger partial charge in [-0.1, -0.05) is 0 Å². The van der Waals surface area contributed by atoms with Crippen molar-refractivity contribution in [3.8, 4) is 0 Å². The van der Waals surface area contributed by atoms with E-state index in [1.165, 1.54) is 0 Å². The molecule has 146 valence electrons. The SMILES string of the molecule is CC(C)N1CCCN(C(C)C)C1=O.CC(C)N1CCN(C(C)C)C1=O. The van der Waals surface area contributed by atoms with Crippen molar-refractivity contribution < 1.29 is 9.59 Å². The number of hydrogen-bond acceptors (Lipinski definition) is 2. The molecule has 0 spiro atoms. The summed E-state index contributed by atoms with van der Waals surface area (Å²) in [7, 11) is 0. The average molecular weight is 355 g/mol. The summed E-state index contributed by atoms with van der Waals surface area (Å²) in [5, 5.41) is 0. The molecule has 0 aromatic heterocycles. The van der Waals surface area contributed by atoms with Gasteiger partial charge in [0.15, 0.2) is 0 Å². The highest BCUT2D eigenvalue weighted by Gasteiger charge is 2.31. The van der Waals surface area contributed by atoms with Gasteiger partial charge in [-0.3, -0.25) is 0 Å². The lowest BCUT2D eigenvalue weighted by atomic mass is 10.2. The summed E-state index contributed by atoms with van der Waals surface area (Å²) in [6, 6.07) is 1.72. The molecule has 0 saturated carbocycles. The first-order chi connectivity index (χ1) is 11.6. The third-order valence-corrected chi connectivity index (χ3v) is 4.86. The topological polar surface area (TPSA) is 47.1 Å². The molecule has 6 heteroatoms. The minimum Gasteiger partial charge on any atom is -0.322 e. The van der Waals surface area contributed by atoms with Gasteiger partial charge >= 0.3 is 12.1 Å². The van der Waals surface area contributed by atoms with Crippen molar-refractivity contribution in [3.63, 3.8) is 0 Å². The Labute approximate surface area is 154 Å². The Morgan fingerprint density at radius 2 is 0.760 bits per heavy atom. The lowest BCUT2D eigenvalue weighted by molar-refractivity contribution is 0.103. The molecule has 6 nitrogen and oxygen atoms in total. The number of carbonyl (C=O) groups is 2. The van der Waals surface area contributed by atoms with Crippen LogP contribution in [0.25, 0.3) is 0 Å². The van der Waals surface area contributed by atoms with Gasteiger partial charge in [0.05, 0.1) is 0 Å². The van der Waals surface area contributed by atoms with Gasteiger partial charge in [0.1, 0.15) is 0 Å². The second-order valence-corrected chi connectivity index (χ2v) is 8.07. The van der Waals surface area contributed by atoms with Gasteiger partial charge in [0.25, 0.3) is 0 Å². The summed E-state index contributed by atoms with van der Waals surface area (Å²) < 4.78 is 0. The molecule has 0 bridgehead atoms. The molecule has 4 amide bonds. The maximum Gasteiger partial charge on any atom is 0.320 e. The molecule has 25 heavy (non-hydrogen) atoms. The number of amides is 4. The van der Waals surface area contributed by atoms with E-state index in [2.05, 4.69) is 55.4 Å². The van der Waals surface area contributed by atoms with E-state index in [4.69, 9.17) is 0 Å². The maximum absolute atomic E-state index is 11.9. The summed E-state index contributed by atoms with van der Waals surface area (Å²) in [6.45, 7) is 20.1. The molecular formula is C19H38N4O2. The van der Waals surface area contributed by atoms with Crippen LogP contribution < -0.4 is 0 Å². The Bertz CT molecular complexity index is 413. The van der Waals surface area contributed by atoms with Crippen LogP contribution in [0.2, 0.25) is 0 Å². The van der Waals surface area contributed by atoms with Gasteiger partial charge in [0.2, 0.25) is 0 Å². The third-order valence-electron chi connectivity index (χ3n) is 4.86. The monoisotopic (exact) mass is 354 g/mol. The molecule has 2 aliphatic rings. The van der Waals surface area contributed by atoms with Crippen LogP contribution in [-0.2, 0) is 0 Å². The van der Waals surface area contributed by atoms with Gasteiger partial charge in [-0.2, -0.15) is 0 Å². The zero-order valence-corrected chi connectivity index (χ0v) is 17.5. The van der Waals surface area contributed by atoms with Crippen molar-refractivity contribution in [2.45, 2.75) is 86.0 Å². The molecule has 0 unspecified atom stereocenters. The van der Waals surface area contributed by atoms with E-state index in [1.54, 1.807) is 0 Å². The van der Waals surface area contributed by atoms with Gasteiger partial charge in [0, 0.05) is 50.3 Å². The van der Waals surface area contributed by atoms with Crippen LogP contribution in [0.1, 0.15) is 61.8 Å². The molecule has 2 fully saturated rings. The summed E-state index contributed by atoms with van der Waals surface area (Å²) in [5.74, 6) is 0. The highest BCUT2D eigenvalue weighted by Crippen LogP contribution is 2.15. The first kappa shape index (κ1) is 21.6. The Balaban J connectivity index is 0.000000251. The normalized spacial score (nSPS) is 18.9. The van der Waals surface area contributed by atoms with E-state index in [-0.39, 0.29) is 12.1 Å². The van der Waals surface area contributed by atoms with Crippen molar-refractivity contribution in [2.75, 3.05) is 26.2 Å². The molecule has 0 aliphatic carbocycles. The van der Waals surface area contributed by atoms with E-state index < -0.39 is 0 Å². The highest BCUT2D eigenvalue weighted by molar-refractivity contribution is 5.77. The Morgan fingerprint density at radius 3 is 0.960 bits per heavy atom. The molecular weight excluding hydrogens is 316 g/mol. The predicted molar refractivity (Wildman–Crippen MR) is 103 cm³/mol. The molecule has 2 heterocycles. The van der Waals surface area contributed by atoms with Crippen LogP contribution >= 0.6 is 0 Å². The zero-order chi connectivity index (χ0) is 19.3. The molecule has 0 aromatic carbocycles. The van der Waals surface area contributed by atoms with Gasteiger partial charge in [-0.05, 0) is 61.8 Å². The molecule has 2 aliphatic heterocycles. The maximum atomic E-state index is 11.9. The number of carbonyl (C=O) groups excluding carboxylic acids is 2. The smallest absolute Gasteiger partial charge is 0.320 e. The Hall–Kier alpha value is -1.46. The molecule has 0 N–H and O–H groups in total. The fourth-order valence-corrected chi connectivity index (χ4v) is 3.26. The van der Waals surface area contributed by atoms with E-state index in [0.29, 0.717) is 24.2 Å². The van der Waals surface area contributed by atoms with Crippen LogP contribution in [0, 0.1) is 0 Å². The molecule has 0 atom stereocenters. The minimum absolute atomic E-state index is 0.194. The van der Waals surface area contributed by atoms with Gasteiger partial charge in [-0.25, -0.2) is 9.59 Å². The standard InChI is InChI=1S/C10H20N2O.C9H18N2O/c1-8(2)11-6-5-7-12(9(3)4)10(11)13;1-7(2)10-5-6-11(8(3)4)9(10)12/h8-9H,5-7H2,1-4H3;7-8H,5-6H2,1-4H3. The van der Waals surface area contributed by atoms with E-state index in [9.17, 15) is 9.59 Å². The number of rotatable bonds is 4. The second kappa shape index (κ2) is 9.30. The van der Waals surface area contributed by atoms with Crippen LogP contribution in [0.15, 0.2) is 0 Å². The van der Waals surface area contributed by atoms with E-state index in [0.717, 1.165) is 32.6 Å². The summed E-state index contributed by atoms with van der Waals surface area (Å²) in [5.41, 5.74) is 0.